The zero-order valence-electron chi connectivity index (χ0n) is 9.31. The second-order valence-corrected chi connectivity index (χ2v) is 3.64. The second kappa shape index (κ2) is 3.90. The molecule has 0 aliphatic heterocycles. The van der Waals surface area contributed by atoms with Crippen molar-refractivity contribution in [2.24, 2.45) is 0 Å². The third-order valence-electron chi connectivity index (χ3n) is 2.31. The Morgan fingerprint density at radius 1 is 1.41 bits per heavy atom. The van der Waals surface area contributed by atoms with Crippen molar-refractivity contribution < 1.29 is 13.2 Å². The molecule has 2 N–H and O–H groups in total. The average molecular weight is 244 g/mol. The lowest BCUT2D eigenvalue weighted by Gasteiger charge is -2.09. The van der Waals surface area contributed by atoms with Crippen LogP contribution in [0.15, 0.2) is 6.07 Å². The topological polar surface area (TPSA) is 53.6 Å². The van der Waals surface area contributed by atoms with Gasteiger partial charge < -0.3 is 5.32 Å². The summed E-state index contributed by atoms with van der Waals surface area (Å²) in [6.45, 7) is 3.79. The molecule has 2 rings (SSSR count). The summed E-state index contributed by atoms with van der Waals surface area (Å²) in [5.74, 6) is 0.183. The molecule has 0 aliphatic rings. The highest BCUT2D eigenvalue weighted by Gasteiger charge is 2.35. The minimum absolute atomic E-state index is 0.00931. The first kappa shape index (κ1) is 11.7. The van der Waals surface area contributed by atoms with Gasteiger partial charge in [-0.05, 0) is 19.9 Å². The van der Waals surface area contributed by atoms with Gasteiger partial charge in [0.15, 0.2) is 11.5 Å². The molecule has 2 heterocycles. The molecule has 17 heavy (non-hydrogen) atoms. The van der Waals surface area contributed by atoms with Crippen molar-refractivity contribution in [3.63, 3.8) is 0 Å². The van der Waals surface area contributed by atoms with Gasteiger partial charge in [0.25, 0.3) is 0 Å². The number of nitrogens with zero attached hydrogens (tertiary/aromatic N) is 2. The summed E-state index contributed by atoms with van der Waals surface area (Å²) in [5.41, 5.74) is -0.269. The van der Waals surface area contributed by atoms with Gasteiger partial charge in [0, 0.05) is 12.2 Å². The number of alkyl halides is 3. The Morgan fingerprint density at radius 2 is 2.12 bits per heavy atom. The van der Waals surface area contributed by atoms with E-state index in [1.165, 1.54) is 6.92 Å². The van der Waals surface area contributed by atoms with E-state index in [1.54, 1.807) is 6.92 Å². The molecular formula is C10H11F3N4. The lowest BCUT2D eigenvalue weighted by Crippen LogP contribution is -2.08. The number of hydrogen-bond donors (Lipinski definition) is 2. The summed E-state index contributed by atoms with van der Waals surface area (Å²) in [7, 11) is 0. The summed E-state index contributed by atoms with van der Waals surface area (Å²) in [6.07, 6.45) is -4.42. The van der Waals surface area contributed by atoms with Crippen molar-refractivity contribution in [2.45, 2.75) is 20.0 Å². The zero-order valence-corrected chi connectivity index (χ0v) is 9.31. The van der Waals surface area contributed by atoms with E-state index in [9.17, 15) is 13.2 Å². The highest BCUT2D eigenvalue weighted by atomic mass is 19.4. The van der Waals surface area contributed by atoms with Gasteiger partial charge in [0.05, 0.1) is 10.9 Å². The molecule has 2 aromatic rings. The number of pyridine rings is 1. The van der Waals surface area contributed by atoms with E-state index in [-0.39, 0.29) is 16.9 Å². The first-order valence-electron chi connectivity index (χ1n) is 5.10. The molecule has 0 saturated heterocycles. The van der Waals surface area contributed by atoms with Crippen LogP contribution in [0.2, 0.25) is 0 Å². The Morgan fingerprint density at radius 3 is 2.71 bits per heavy atom. The summed E-state index contributed by atoms with van der Waals surface area (Å²) in [6, 6.07) is 1.03. The minimum atomic E-state index is -4.42. The molecule has 0 spiro atoms. The molecule has 0 aromatic carbocycles. The van der Waals surface area contributed by atoms with Crippen LogP contribution in [0.25, 0.3) is 11.0 Å². The van der Waals surface area contributed by atoms with Gasteiger partial charge in [-0.3, -0.25) is 5.10 Å². The maximum Gasteiger partial charge on any atom is 0.417 e. The van der Waals surface area contributed by atoms with Crippen LogP contribution in [-0.2, 0) is 6.18 Å². The van der Waals surface area contributed by atoms with Crippen molar-refractivity contribution in [3.05, 3.63) is 17.3 Å². The number of halogens is 3. The van der Waals surface area contributed by atoms with Gasteiger partial charge in [-0.15, -0.1) is 0 Å². The highest BCUT2D eigenvalue weighted by Crippen LogP contribution is 2.37. The smallest absolute Gasteiger partial charge is 0.368 e. The van der Waals surface area contributed by atoms with Gasteiger partial charge in [0.1, 0.15) is 0 Å². The fourth-order valence-electron chi connectivity index (χ4n) is 1.68. The lowest BCUT2D eigenvalue weighted by atomic mass is 10.1. The third-order valence-corrected chi connectivity index (χ3v) is 2.31. The van der Waals surface area contributed by atoms with Crippen LogP contribution < -0.4 is 5.32 Å². The molecule has 7 heteroatoms. The van der Waals surface area contributed by atoms with Crippen LogP contribution in [-0.4, -0.2) is 21.7 Å². The van der Waals surface area contributed by atoms with E-state index in [0.29, 0.717) is 12.2 Å². The van der Waals surface area contributed by atoms with Crippen LogP contribution in [0.1, 0.15) is 18.2 Å². The number of hydrogen-bond acceptors (Lipinski definition) is 3. The van der Waals surface area contributed by atoms with Gasteiger partial charge >= 0.3 is 6.18 Å². The standard InChI is InChI=1S/C10H11F3N4/c1-3-14-8-7-6(10(11,12)13)4-5(2)15-9(7)17-16-8/h4H,3H2,1-2H3,(H2,14,15,16,17). The number of fused-ring (bicyclic) bond motifs is 1. The maximum absolute atomic E-state index is 12.9. The maximum atomic E-state index is 12.9. The van der Waals surface area contributed by atoms with Crippen LogP contribution in [0, 0.1) is 6.92 Å². The summed E-state index contributed by atoms with van der Waals surface area (Å²) in [5, 5.41) is 9.08. The van der Waals surface area contributed by atoms with E-state index in [1.807, 2.05) is 0 Å². The normalized spacial score (nSPS) is 12.1. The Kier molecular flexibility index (Phi) is 2.68. The van der Waals surface area contributed by atoms with Crippen molar-refractivity contribution in [1.29, 1.82) is 0 Å². The Hall–Kier alpha value is -1.79. The number of aryl methyl sites for hydroxylation is 1. The van der Waals surface area contributed by atoms with E-state index in [4.69, 9.17) is 0 Å². The summed E-state index contributed by atoms with van der Waals surface area (Å²) >= 11 is 0. The molecular weight excluding hydrogens is 233 g/mol. The summed E-state index contributed by atoms with van der Waals surface area (Å²) in [4.78, 5) is 3.99. The van der Waals surface area contributed by atoms with Crippen molar-refractivity contribution in [2.75, 3.05) is 11.9 Å². The van der Waals surface area contributed by atoms with Crippen LogP contribution in [0.3, 0.4) is 0 Å². The highest BCUT2D eigenvalue weighted by molar-refractivity contribution is 5.90. The van der Waals surface area contributed by atoms with Crippen LogP contribution >= 0.6 is 0 Å². The third kappa shape index (κ3) is 2.04. The largest absolute Gasteiger partial charge is 0.417 e. The van der Waals surface area contributed by atoms with Gasteiger partial charge in [-0.25, -0.2) is 4.98 Å². The van der Waals surface area contributed by atoms with Crippen molar-refractivity contribution >= 4 is 16.9 Å². The van der Waals surface area contributed by atoms with E-state index in [0.717, 1.165) is 6.07 Å². The summed E-state index contributed by atoms with van der Waals surface area (Å²) < 4.78 is 38.7. The first-order chi connectivity index (χ1) is 7.93. The fourth-order valence-corrected chi connectivity index (χ4v) is 1.68. The van der Waals surface area contributed by atoms with Crippen molar-refractivity contribution in [3.8, 4) is 0 Å². The number of aromatic nitrogens is 3. The predicted molar refractivity (Wildman–Crippen MR) is 57.8 cm³/mol. The van der Waals surface area contributed by atoms with E-state index >= 15 is 0 Å². The number of H-pyrrole nitrogens is 1. The lowest BCUT2D eigenvalue weighted by molar-refractivity contribution is -0.136. The number of aromatic amines is 1. The molecule has 0 radical (unpaired) electrons. The molecule has 4 nitrogen and oxygen atoms in total. The van der Waals surface area contributed by atoms with Crippen molar-refractivity contribution in [1.82, 2.24) is 15.2 Å². The molecule has 0 bridgehead atoms. The number of nitrogens with one attached hydrogen (secondary N) is 2. The molecule has 0 amide bonds. The monoisotopic (exact) mass is 244 g/mol. The molecule has 0 atom stereocenters. The SMILES string of the molecule is CCNc1n[nH]c2nc(C)cc(C(F)(F)F)c12. The average Bonchev–Trinajstić information content (AvgIpc) is 2.59. The Bertz CT molecular complexity index is 544. The first-order valence-corrected chi connectivity index (χ1v) is 5.10. The fraction of sp³-hybridized carbons (Fsp3) is 0.400. The molecule has 0 aliphatic carbocycles. The van der Waals surface area contributed by atoms with Crippen LogP contribution in [0.4, 0.5) is 19.0 Å². The Labute approximate surface area is 95.2 Å². The second-order valence-electron chi connectivity index (χ2n) is 3.64. The molecule has 0 saturated carbocycles. The predicted octanol–water partition coefficient (Wildman–Crippen LogP) is 2.72. The van der Waals surface area contributed by atoms with E-state index in [2.05, 4.69) is 20.5 Å². The van der Waals surface area contributed by atoms with Gasteiger partial charge in [-0.1, -0.05) is 0 Å². The number of rotatable bonds is 2. The van der Waals surface area contributed by atoms with E-state index < -0.39 is 11.7 Å². The number of anilines is 1. The zero-order chi connectivity index (χ0) is 12.6. The molecule has 2 aromatic heterocycles. The van der Waals surface area contributed by atoms with Gasteiger partial charge in [-0.2, -0.15) is 18.3 Å². The quantitative estimate of drug-likeness (QED) is 0.854. The molecule has 0 unspecified atom stereocenters. The Balaban J connectivity index is 2.74. The van der Waals surface area contributed by atoms with Gasteiger partial charge in [0.2, 0.25) is 0 Å². The minimum Gasteiger partial charge on any atom is -0.368 e. The molecule has 92 valence electrons. The van der Waals surface area contributed by atoms with Crippen LogP contribution in [0.5, 0.6) is 0 Å². The molecule has 0 fully saturated rings.